The van der Waals surface area contributed by atoms with Crippen LogP contribution in [0.15, 0.2) is 41.6 Å². The Morgan fingerprint density at radius 1 is 1.16 bits per heavy atom. The fraction of sp³-hybridized carbons (Fsp3) is 0.400. The second-order valence-electron chi connectivity index (χ2n) is 5.56. The first-order chi connectivity index (χ1) is 12.0. The maximum absolute atomic E-state index is 12.7. The van der Waals surface area contributed by atoms with Gasteiger partial charge in [-0.15, -0.1) is 5.10 Å². The van der Waals surface area contributed by atoms with Crippen molar-refractivity contribution >= 4 is 15.9 Å². The summed E-state index contributed by atoms with van der Waals surface area (Å²) in [5.41, 5.74) is 0. The summed E-state index contributed by atoms with van der Waals surface area (Å²) in [4.78, 5) is 14.1. The molecule has 1 fully saturated rings. The zero-order chi connectivity index (χ0) is 17.9. The second kappa shape index (κ2) is 7.19. The molecule has 1 aromatic carbocycles. The molecule has 1 aliphatic heterocycles. The molecule has 10 heteroatoms. The number of amides is 1. The minimum Gasteiger partial charge on any atom is -0.497 e. The number of rotatable bonds is 5. The third-order valence-corrected chi connectivity index (χ3v) is 5.97. The maximum atomic E-state index is 12.7. The topological polar surface area (TPSA) is 97.6 Å². The van der Waals surface area contributed by atoms with Crippen LogP contribution in [-0.4, -0.2) is 71.8 Å². The highest BCUT2D eigenvalue weighted by molar-refractivity contribution is 7.89. The first-order valence-corrected chi connectivity index (χ1v) is 9.21. The summed E-state index contributed by atoms with van der Waals surface area (Å²) in [6.45, 7) is 1.33. The van der Waals surface area contributed by atoms with E-state index >= 15 is 0 Å². The number of piperazine rings is 1. The number of nitrogens with zero attached hydrogens (tertiary/aromatic N) is 5. The summed E-state index contributed by atoms with van der Waals surface area (Å²) in [6.07, 6.45) is 3.12. The monoisotopic (exact) mass is 365 g/mol. The van der Waals surface area contributed by atoms with E-state index in [4.69, 9.17) is 4.74 Å². The Morgan fingerprint density at radius 3 is 2.40 bits per heavy atom. The Morgan fingerprint density at radius 2 is 1.84 bits per heavy atom. The standard InChI is InChI=1S/C15H19N5O4S/c1-24-13-2-4-14(5-3-13)25(22,23)20-10-8-18(9-11-20)15(21)12-19-7-6-16-17-19/h2-7H,8-12H2,1H3. The second-order valence-corrected chi connectivity index (χ2v) is 7.50. The van der Waals surface area contributed by atoms with Gasteiger partial charge in [0.2, 0.25) is 15.9 Å². The highest BCUT2D eigenvalue weighted by Gasteiger charge is 2.30. The van der Waals surface area contributed by atoms with Gasteiger partial charge in [-0.05, 0) is 24.3 Å². The van der Waals surface area contributed by atoms with Crippen molar-refractivity contribution in [3.8, 4) is 5.75 Å². The highest BCUT2D eigenvalue weighted by atomic mass is 32.2. The summed E-state index contributed by atoms with van der Waals surface area (Å²) in [7, 11) is -2.05. The van der Waals surface area contributed by atoms with Gasteiger partial charge in [-0.3, -0.25) is 4.79 Å². The number of aromatic nitrogens is 3. The third-order valence-electron chi connectivity index (χ3n) is 4.06. The van der Waals surface area contributed by atoms with Gasteiger partial charge in [-0.2, -0.15) is 4.31 Å². The van der Waals surface area contributed by atoms with Crippen LogP contribution in [0.25, 0.3) is 0 Å². The lowest BCUT2D eigenvalue weighted by atomic mass is 10.3. The Bertz CT molecular complexity index is 812. The van der Waals surface area contributed by atoms with Crippen LogP contribution in [0.2, 0.25) is 0 Å². The summed E-state index contributed by atoms with van der Waals surface area (Å²) in [5, 5.41) is 7.42. The molecule has 9 nitrogen and oxygen atoms in total. The Kier molecular flexibility index (Phi) is 5.00. The van der Waals surface area contributed by atoms with Crippen molar-refractivity contribution in [1.82, 2.24) is 24.2 Å². The Balaban J connectivity index is 1.61. The average Bonchev–Trinajstić information content (AvgIpc) is 3.15. The van der Waals surface area contributed by atoms with Crippen molar-refractivity contribution in [2.45, 2.75) is 11.4 Å². The largest absolute Gasteiger partial charge is 0.497 e. The number of ether oxygens (including phenoxy) is 1. The summed E-state index contributed by atoms with van der Waals surface area (Å²) >= 11 is 0. The zero-order valence-corrected chi connectivity index (χ0v) is 14.6. The molecule has 1 saturated heterocycles. The number of carbonyl (C=O) groups excluding carboxylic acids is 1. The highest BCUT2D eigenvalue weighted by Crippen LogP contribution is 2.20. The van der Waals surface area contributed by atoms with E-state index in [0.717, 1.165) is 0 Å². The van der Waals surface area contributed by atoms with Crippen LogP contribution in [0.3, 0.4) is 0 Å². The molecular formula is C15H19N5O4S. The molecule has 1 aromatic heterocycles. The molecule has 0 unspecified atom stereocenters. The van der Waals surface area contributed by atoms with E-state index in [1.807, 2.05) is 0 Å². The molecule has 134 valence electrons. The van der Waals surface area contributed by atoms with Gasteiger partial charge in [0.05, 0.1) is 18.2 Å². The van der Waals surface area contributed by atoms with E-state index < -0.39 is 10.0 Å². The number of sulfonamides is 1. The summed E-state index contributed by atoms with van der Waals surface area (Å²) in [6, 6.07) is 6.28. The first kappa shape index (κ1) is 17.4. The molecule has 0 radical (unpaired) electrons. The predicted molar refractivity (Wildman–Crippen MR) is 88.4 cm³/mol. The molecule has 0 bridgehead atoms. The SMILES string of the molecule is COc1ccc(S(=O)(=O)N2CCN(C(=O)Cn3ccnn3)CC2)cc1. The number of methoxy groups -OCH3 is 1. The lowest BCUT2D eigenvalue weighted by Crippen LogP contribution is -2.51. The fourth-order valence-corrected chi connectivity index (χ4v) is 4.05. The lowest BCUT2D eigenvalue weighted by molar-refractivity contribution is -0.133. The number of hydrogen-bond donors (Lipinski definition) is 0. The molecule has 0 atom stereocenters. The molecule has 2 aromatic rings. The van der Waals surface area contributed by atoms with Crippen LogP contribution >= 0.6 is 0 Å². The first-order valence-electron chi connectivity index (χ1n) is 7.77. The fourth-order valence-electron chi connectivity index (χ4n) is 2.63. The van der Waals surface area contributed by atoms with E-state index in [0.29, 0.717) is 18.8 Å². The summed E-state index contributed by atoms with van der Waals surface area (Å²) in [5.74, 6) is 0.495. The summed E-state index contributed by atoms with van der Waals surface area (Å²) < 4.78 is 33.2. The van der Waals surface area contributed by atoms with Gasteiger partial charge in [-0.25, -0.2) is 13.1 Å². The normalized spacial score (nSPS) is 16.0. The molecule has 0 spiro atoms. The van der Waals surface area contributed by atoms with Crippen molar-refractivity contribution in [3.63, 3.8) is 0 Å². The number of carbonyl (C=O) groups is 1. The van der Waals surface area contributed by atoms with Crippen molar-refractivity contribution in [1.29, 1.82) is 0 Å². The number of benzene rings is 1. The van der Waals surface area contributed by atoms with Crippen LogP contribution in [0.5, 0.6) is 5.75 Å². The minimum atomic E-state index is -3.57. The molecular weight excluding hydrogens is 346 g/mol. The predicted octanol–water partition coefficient (Wildman–Crippen LogP) is -0.180. The van der Waals surface area contributed by atoms with Gasteiger partial charge in [-0.1, -0.05) is 5.21 Å². The third kappa shape index (κ3) is 3.80. The van der Waals surface area contributed by atoms with Crippen molar-refractivity contribution in [2.24, 2.45) is 0 Å². The molecule has 1 aliphatic rings. The molecule has 3 rings (SSSR count). The van der Waals surface area contributed by atoms with Crippen LogP contribution in [0, 0.1) is 0 Å². The molecule has 1 amide bonds. The van der Waals surface area contributed by atoms with Crippen LogP contribution in [0.1, 0.15) is 0 Å². The molecule has 0 aliphatic carbocycles. The molecule has 2 heterocycles. The molecule has 0 saturated carbocycles. The van der Waals surface area contributed by atoms with Crippen molar-refractivity contribution in [2.75, 3.05) is 33.3 Å². The van der Waals surface area contributed by atoms with Crippen LogP contribution in [0.4, 0.5) is 0 Å². The Labute approximate surface area is 145 Å². The smallest absolute Gasteiger partial charge is 0.244 e. The minimum absolute atomic E-state index is 0.102. The van der Waals surface area contributed by atoms with E-state index in [1.54, 1.807) is 23.2 Å². The van der Waals surface area contributed by atoms with Crippen molar-refractivity contribution in [3.05, 3.63) is 36.7 Å². The quantitative estimate of drug-likeness (QED) is 0.729. The van der Waals surface area contributed by atoms with E-state index in [1.165, 1.54) is 34.4 Å². The van der Waals surface area contributed by atoms with E-state index in [2.05, 4.69) is 10.3 Å². The van der Waals surface area contributed by atoms with Crippen LogP contribution < -0.4 is 4.74 Å². The lowest BCUT2D eigenvalue weighted by Gasteiger charge is -2.34. The molecule has 0 N–H and O–H groups in total. The van der Waals surface area contributed by atoms with Gasteiger partial charge in [0.25, 0.3) is 0 Å². The van der Waals surface area contributed by atoms with Gasteiger partial charge >= 0.3 is 0 Å². The number of hydrogen-bond acceptors (Lipinski definition) is 6. The van der Waals surface area contributed by atoms with Gasteiger partial charge in [0.1, 0.15) is 12.3 Å². The van der Waals surface area contributed by atoms with Gasteiger partial charge in [0.15, 0.2) is 0 Å². The van der Waals surface area contributed by atoms with Gasteiger partial charge < -0.3 is 9.64 Å². The van der Waals surface area contributed by atoms with E-state index in [-0.39, 0.29) is 30.4 Å². The van der Waals surface area contributed by atoms with Crippen molar-refractivity contribution < 1.29 is 17.9 Å². The zero-order valence-electron chi connectivity index (χ0n) is 13.8. The Hall–Kier alpha value is -2.46. The maximum Gasteiger partial charge on any atom is 0.244 e. The average molecular weight is 365 g/mol. The van der Waals surface area contributed by atoms with Crippen LogP contribution in [-0.2, 0) is 21.4 Å². The van der Waals surface area contributed by atoms with E-state index in [9.17, 15) is 13.2 Å². The molecule has 25 heavy (non-hydrogen) atoms. The van der Waals surface area contributed by atoms with Gasteiger partial charge in [0, 0.05) is 32.4 Å².